The molecule has 2 saturated carbocycles. The summed E-state index contributed by atoms with van der Waals surface area (Å²) in [5, 5.41) is 5.50. The van der Waals surface area contributed by atoms with E-state index in [0.717, 1.165) is 67.1 Å². The number of rotatable bonds is 7. The number of carbonyl (C=O) groups is 1. The van der Waals surface area contributed by atoms with Gasteiger partial charge in [0.2, 0.25) is 5.95 Å². The summed E-state index contributed by atoms with van der Waals surface area (Å²) in [5.41, 5.74) is 4.55. The summed E-state index contributed by atoms with van der Waals surface area (Å²) in [7, 11) is 1.39. The highest BCUT2D eigenvalue weighted by atomic mass is 35.5. The van der Waals surface area contributed by atoms with Crippen LogP contribution in [0.3, 0.4) is 0 Å². The topological polar surface area (TPSA) is 93.5 Å². The number of ether oxygens (including phenoxy) is 2. The van der Waals surface area contributed by atoms with Gasteiger partial charge in [0.1, 0.15) is 11.5 Å². The summed E-state index contributed by atoms with van der Waals surface area (Å²) in [6.07, 6.45) is 4.39. The first kappa shape index (κ1) is 24.9. The first-order valence-electron chi connectivity index (χ1n) is 13.4. The smallest absolute Gasteiger partial charge is 0.337 e. The molecule has 0 spiro atoms. The number of imidazole rings is 1. The fourth-order valence-corrected chi connectivity index (χ4v) is 6.77. The van der Waals surface area contributed by atoms with Crippen molar-refractivity contribution in [3.05, 3.63) is 63.3 Å². The van der Waals surface area contributed by atoms with Gasteiger partial charge in [-0.25, -0.2) is 9.78 Å². The minimum absolute atomic E-state index is 0.178. The molecule has 0 amide bonds. The van der Waals surface area contributed by atoms with Crippen molar-refractivity contribution in [3.63, 3.8) is 0 Å². The molecule has 3 atom stereocenters. The van der Waals surface area contributed by atoms with Crippen molar-refractivity contribution < 1.29 is 18.8 Å². The maximum atomic E-state index is 11.9. The molecule has 3 fully saturated rings. The van der Waals surface area contributed by atoms with E-state index < -0.39 is 0 Å². The zero-order valence-corrected chi connectivity index (χ0v) is 23.0. The number of carbonyl (C=O) groups excluding carboxylic acids is 1. The molecule has 0 radical (unpaired) electrons. The fraction of sp³-hybridized carbons (Fsp3) is 0.414. The van der Waals surface area contributed by atoms with E-state index in [1.807, 2.05) is 24.3 Å². The number of hydrogen-bond acceptors (Lipinski definition) is 7. The van der Waals surface area contributed by atoms with Gasteiger partial charge in [0, 0.05) is 30.1 Å². The van der Waals surface area contributed by atoms with Gasteiger partial charge < -0.3 is 23.9 Å². The van der Waals surface area contributed by atoms with Gasteiger partial charge in [-0.05, 0) is 67.9 Å². The summed E-state index contributed by atoms with van der Waals surface area (Å²) in [5.74, 6) is 2.88. The number of H-pyrrole nitrogens is 1. The van der Waals surface area contributed by atoms with Crippen LogP contribution in [-0.2, 0) is 16.1 Å². The lowest BCUT2D eigenvalue weighted by molar-refractivity contribution is 0.0402. The minimum atomic E-state index is -0.354. The first-order chi connectivity index (χ1) is 19.0. The Morgan fingerprint density at radius 1 is 1.13 bits per heavy atom. The van der Waals surface area contributed by atoms with Gasteiger partial charge in [-0.15, -0.1) is 0 Å². The third-order valence-corrected chi connectivity index (χ3v) is 8.96. The van der Waals surface area contributed by atoms with Crippen LogP contribution in [0, 0.1) is 11.8 Å². The summed E-state index contributed by atoms with van der Waals surface area (Å²) in [4.78, 5) is 22.4. The molecular weight excluding hydrogens is 539 g/mol. The zero-order valence-electron chi connectivity index (χ0n) is 21.5. The molecule has 10 heteroatoms. The van der Waals surface area contributed by atoms with Crippen molar-refractivity contribution in [2.75, 3.05) is 25.1 Å². The van der Waals surface area contributed by atoms with Crippen LogP contribution in [0.15, 0.2) is 40.9 Å². The second-order valence-corrected chi connectivity index (χ2v) is 11.7. The zero-order chi connectivity index (χ0) is 26.7. The molecule has 3 aliphatic rings. The van der Waals surface area contributed by atoms with Crippen LogP contribution >= 0.6 is 23.2 Å². The van der Waals surface area contributed by atoms with E-state index in [0.29, 0.717) is 51.2 Å². The van der Waals surface area contributed by atoms with E-state index in [-0.39, 0.29) is 12.1 Å². The van der Waals surface area contributed by atoms with Crippen LogP contribution in [0.4, 0.5) is 5.95 Å². The van der Waals surface area contributed by atoms with Crippen molar-refractivity contribution in [2.24, 2.45) is 11.8 Å². The molecule has 8 nitrogen and oxygen atoms in total. The Morgan fingerprint density at radius 2 is 1.87 bits per heavy atom. The minimum Gasteiger partial charge on any atom is -0.465 e. The van der Waals surface area contributed by atoms with Gasteiger partial charge in [0.05, 0.1) is 46.5 Å². The van der Waals surface area contributed by atoms with Gasteiger partial charge in [-0.1, -0.05) is 34.4 Å². The van der Waals surface area contributed by atoms with Crippen LogP contribution in [0.5, 0.6) is 0 Å². The number of nitrogens with zero attached hydrogens (tertiary/aromatic N) is 3. The van der Waals surface area contributed by atoms with Gasteiger partial charge >= 0.3 is 5.97 Å². The Balaban J connectivity index is 1.03. The molecule has 2 aliphatic carbocycles. The van der Waals surface area contributed by atoms with Gasteiger partial charge in [0.25, 0.3) is 0 Å². The van der Waals surface area contributed by atoms with Crippen molar-refractivity contribution in [3.8, 4) is 11.3 Å². The maximum absolute atomic E-state index is 11.9. The predicted molar refractivity (Wildman–Crippen MR) is 148 cm³/mol. The van der Waals surface area contributed by atoms with Crippen LogP contribution in [0.25, 0.3) is 22.3 Å². The first-order valence-corrected chi connectivity index (χ1v) is 14.1. The number of fused-ring (bicyclic) bond motifs is 2. The van der Waals surface area contributed by atoms with E-state index in [9.17, 15) is 4.79 Å². The molecule has 1 aliphatic heterocycles. The molecule has 1 N–H and O–H groups in total. The monoisotopic (exact) mass is 566 g/mol. The van der Waals surface area contributed by atoms with Crippen LogP contribution < -0.4 is 4.90 Å². The van der Waals surface area contributed by atoms with Crippen molar-refractivity contribution in [2.45, 2.75) is 44.3 Å². The lowest BCUT2D eigenvalue weighted by Gasteiger charge is -2.19. The highest BCUT2D eigenvalue weighted by molar-refractivity contribution is 6.39. The number of anilines is 1. The number of aromatic nitrogens is 3. The third kappa shape index (κ3) is 4.58. The van der Waals surface area contributed by atoms with E-state index >= 15 is 0 Å². The van der Waals surface area contributed by atoms with Gasteiger partial charge in [-0.3, -0.25) is 0 Å². The normalized spacial score (nSPS) is 22.5. The molecule has 0 bridgehead atoms. The molecule has 7 rings (SSSR count). The van der Waals surface area contributed by atoms with E-state index in [2.05, 4.69) is 15.0 Å². The van der Waals surface area contributed by atoms with E-state index in [1.165, 1.54) is 7.11 Å². The summed E-state index contributed by atoms with van der Waals surface area (Å²) >= 11 is 13.0. The summed E-state index contributed by atoms with van der Waals surface area (Å²) in [6, 6.07) is 10.9. The second kappa shape index (κ2) is 9.84. The maximum Gasteiger partial charge on any atom is 0.337 e. The van der Waals surface area contributed by atoms with E-state index in [4.69, 9.17) is 42.2 Å². The molecule has 3 heterocycles. The molecule has 202 valence electrons. The van der Waals surface area contributed by atoms with Crippen molar-refractivity contribution in [1.82, 2.24) is 15.1 Å². The lowest BCUT2D eigenvalue weighted by atomic mass is 10.0. The molecule has 39 heavy (non-hydrogen) atoms. The van der Waals surface area contributed by atoms with E-state index in [1.54, 1.807) is 12.1 Å². The second-order valence-electron chi connectivity index (χ2n) is 10.9. The number of aromatic amines is 1. The van der Waals surface area contributed by atoms with Crippen LogP contribution in [0.2, 0.25) is 10.0 Å². The Morgan fingerprint density at radius 3 is 2.56 bits per heavy atom. The standard InChI is InChI=1S/C29H28Cl2N4O4/c1-37-28(36)16-7-8-23-24(11-16)33-29(32-23)35-12-17-9-19(10-18(17)13-35)38-14-20-26(34-39-27(20)15-5-6-15)25-21(30)3-2-4-22(25)31/h2-4,7-8,11,15,17-19H,5-6,9-10,12-14H2,1H3,(H,32,33)/t17-,18?,19?/m0/s1. The molecular formula is C29H28Cl2N4O4. The molecule has 2 aromatic heterocycles. The predicted octanol–water partition coefficient (Wildman–Crippen LogP) is 6.62. The van der Waals surface area contributed by atoms with Crippen LogP contribution in [-0.4, -0.2) is 47.4 Å². The Hall–Kier alpha value is -3.07. The number of nitrogens with one attached hydrogen (secondary N) is 1. The Labute approximate surface area is 235 Å². The number of benzene rings is 2. The molecule has 2 unspecified atom stereocenters. The molecule has 1 saturated heterocycles. The number of esters is 1. The van der Waals surface area contributed by atoms with Crippen molar-refractivity contribution >= 4 is 46.2 Å². The third-order valence-electron chi connectivity index (χ3n) is 8.33. The average molecular weight is 567 g/mol. The SMILES string of the molecule is COC(=O)c1ccc2nc(N3CC4CC(OCc5c(-c6c(Cl)cccc6Cl)noc5C5CC5)C[C@H]4C3)[nH]c2c1. The quantitative estimate of drug-likeness (QED) is 0.251. The van der Waals surface area contributed by atoms with Gasteiger partial charge in [-0.2, -0.15) is 0 Å². The highest BCUT2D eigenvalue weighted by Crippen LogP contribution is 2.47. The number of hydrogen-bond donors (Lipinski definition) is 1. The summed E-state index contributed by atoms with van der Waals surface area (Å²) in [6.45, 7) is 2.29. The fourth-order valence-electron chi connectivity index (χ4n) is 6.19. The van der Waals surface area contributed by atoms with Gasteiger partial charge in [0.15, 0.2) is 0 Å². The highest BCUT2D eigenvalue weighted by Gasteiger charge is 2.42. The number of methoxy groups -OCH3 is 1. The van der Waals surface area contributed by atoms with Crippen LogP contribution in [0.1, 0.15) is 53.3 Å². The molecule has 4 aromatic rings. The number of halogens is 2. The van der Waals surface area contributed by atoms with Crippen molar-refractivity contribution in [1.29, 1.82) is 0 Å². The summed E-state index contributed by atoms with van der Waals surface area (Å²) < 4.78 is 17.1. The lowest BCUT2D eigenvalue weighted by Crippen LogP contribution is -2.24. The Kier molecular flexibility index (Phi) is 6.29. The average Bonchev–Trinajstić information content (AvgIpc) is 3.24. The molecule has 2 aromatic carbocycles. The Bertz CT molecular complexity index is 1530. The largest absolute Gasteiger partial charge is 0.465 e.